The maximum absolute atomic E-state index is 13.2. The summed E-state index contributed by atoms with van der Waals surface area (Å²) >= 11 is 0. The van der Waals surface area contributed by atoms with E-state index in [4.69, 9.17) is 9.47 Å². The number of hydrogen-bond acceptors (Lipinski definition) is 3. The fraction of sp³-hybridized carbons (Fsp3) is 0.400. The average Bonchev–Trinajstić information content (AvgIpc) is 3.09. The molecule has 0 bridgehead atoms. The molecule has 24 heavy (non-hydrogen) atoms. The largest absolute Gasteiger partial charge is 0.493 e. The summed E-state index contributed by atoms with van der Waals surface area (Å²) in [4.78, 5) is 0. The SMILES string of the molecule is Fc1ccc([C@@H]2CCNC[C@H]2COc2ccc3c(c2)COC3)cc1. The minimum absolute atomic E-state index is 0.180. The van der Waals surface area contributed by atoms with E-state index in [1.54, 1.807) is 12.1 Å². The summed E-state index contributed by atoms with van der Waals surface area (Å²) in [5.41, 5.74) is 3.68. The van der Waals surface area contributed by atoms with Crippen molar-refractivity contribution in [3.63, 3.8) is 0 Å². The summed E-state index contributed by atoms with van der Waals surface area (Å²) in [5.74, 6) is 1.52. The second-order valence-electron chi connectivity index (χ2n) is 6.65. The van der Waals surface area contributed by atoms with Crippen LogP contribution in [0.25, 0.3) is 0 Å². The Morgan fingerprint density at radius 2 is 1.92 bits per heavy atom. The van der Waals surface area contributed by atoms with Gasteiger partial charge < -0.3 is 14.8 Å². The van der Waals surface area contributed by atoms with Gasteiger partial charge in [0.05, 0.1) is 19.8 Å². The molecular weight excluding hydrogens is 305 g/mol. The second-order valence-corrected chi connectivity index (χ2v) is 6.65. The van der Waals surface area contributed by atoms with Gasteiger partial charge in [0.1, 0.15) is 11.6 Å². The van der Waals surface area contributed by atoms with Gasteiger partial charge in [0, 0.05) is 12.5 Å². The van der Waals surface area contributed by atoms with Gasteiger partial charge in [-0.1, -0.05) is 18.2 Å². The van der Waals surface area contributed by atoms with Crippen molar-refractivity contribution < 1.29 is 13.9 Å². The number of rotatable bonds is 4. The number of nitrogens with one attached hydrogen (secondary N) is 1. The molecule has 1 saturated heterocycles. The number of piperidine rings is 1. The van der Waals surface area contributed by atoms with Gasteiger partial charge >= 0.3 is 0 Å². The molecule has 2 atom stereocenters. The van der Waals surface area contributed by atoms with E-state index in [9.17, 15) is 4.39 Å². The third-order valence-electron chi connectivity index (χ3n) is 5.06. The van der Waals surface area contributed by atoms with E-state index in [0.717, 1.165) is 25.3 Å². The molecule has 0 radical (unpaired) electrons. The summed E-state index contributed by atoms with van der Waals surface area (Å²) in [6.45, 7) is 3.96. The Labute approximate surface area is 141 Å². The highest BCUT2D eigenvalue weighted by Crippen LogP contribution is 2.31. The minimum Gasteiger partial charge on any atom is -0.493 e. The lowest BCUT2D eigenvalue weighted by molar-refractivity contribution is 0.134. The molecule has 2 aliphatic rings. The molecule has 0 aliphatic carbocycles. The standard InChI is InChI=1S/C20H22FNO2/c21-18-4-1-14(2-5-18)20-7-8-22-10-17(20)13-24-19-6-3-15-11-23-12-16(15)9-19/h1-6,9,17,20,22H,7-8,10-13H2/t17-,20-/m0/s1. The number of halogens is 1. The Hall–Kier alpha value is -1.91. The van der Waals surface area contributed by atoms with Crippen LogP contribution in [0.1, 0.15) is 29.0 Å². The lowest BCUT2D eigenvalue weighted by atomic mass is 9.81. The van der Waals surface area contributed by atoms with Crippen LogP contribution in [0.2, 0.25) is 0 Å². The zero-order chi connectivity index (χ0) is 16.4. The van der Waals surface area contributed by atoms with Crippen LogP contribution in [0, 0.1) is 11.7 Å². The zero-order valence-corrected chi connectivity index (χ0v) is 13.6. The van der Waals surface area contributed by atoms with Crippen LogP contribution < -0.4 is 10.1 Å². The van der Waals surface area contributed by atoms with Gasteiger partial charge in [-0.2, -0.15) is 0 Å². The molecule has 2 aromatic rings. The van der Waals surface area contributed by atoms with Crippen LogP contribution in [0.5, 0.6) is 5.75 Å². The Kier molecular flexibility index (Phi) is 4.50. The fourth-order valence-corrected chi connectivity index (χ4v) is 3.69. The predicted molar refractivity (Wildman–Crippen MR) is 90.5 cm³/mol. The topological polar surface area (TPSA) is 30.5 Å². The Morgan fingerprint density at radius 1 is 1.08 bits per heavy atom. The monoisotopic (exact) mass is 327 g/mol. The van der Waals surface area contributed by atoms with Crippen molar-refractivity contribution in [2.24, 2.45) is 5.92 Å². The van der Waals surface area contributed by atoms with Crippen molar-refractivity contribution in [3.8, 4) is 5.75 Å². The second kappa shape index (κ2) is 6.91. The van der Waals surface area contributed by atoms with Gasteiger partial charge in [-0.05, 0) is 59.8 Å². The molecule has 1 N–H and O–H groups in total. The molecule has 4 heteroatoms. The molecule has 0 saturated carbocycles. The Balaban J connectivity index is 1.44. The molecule has 2 aromatic carbocycles. The fourth-order valence-electron chi connectivity index (χ4n) is 3.69. The predicted octanol–water partition coefficient (Wildman–Crippen LogP) is 3.63. The number of ether oxygens (including phenoxy) is 2. The van der Waals surface area contributed by atoms with Gasteiger partial charge in [-0.25, -0.2) is 4.39 Å². The summed E-state index contributed by atoms with van der Waals surface area (Å²) in [6.07, 6.45) is 1.05. The molecule has 126 valence electrons. The van der Waals surface area contributed by atoms with Crippen LogP contribution in [0.4, 0.5) is 4.39 Å². The third kappa shape index (κ3) is 3.30. The summed E-state index contributed by atoms with van der Waals surface area (Å²) in [6, 6.07) is 13.1. The Bertz CT molecular complexity index is 701. The van der Waals surface area contributed by atoms with Crippen molar-refractivity contribution in [2.75, 3.05) is 19.7 Å². The first-order valence-electron chi connectivity index (χ1n) is 8.58. The summed E-state index contributed by atoms with van der Waals surface area (Å²) < 4.78 is 24.7. The lowest BCUT2D eigenvalue weighted by Gasteiger charge is -2.32. The highest BCUT2D eigenvalue weighted by molar-refractivity contribution is 5.36. The molecule has 1 fully saturated rings. The normalized spacial score (nSPS) is 23.0. The summed E-state index contributed by atoms with van der Waals surface area (Å²) in [5, 5.41) is 3.45. The van der Waals surface area contributed by atoms with Crippen LogP contribution in [-0.4, -0.2) is 19.7 Å². The van der Waals surface area contributed by atoms with Crippen molar-refractivity contribution in [1.29, 1.82) is 0 Å². The van der Waals surface area contributed by atoms with E-state index in [1.165, 1.54) is 16.7 Å². The number of hydrogen-bond donors (Lipinski definition) is 1. The maximum Gasteiger partial charge on any atom is 0.123 e. The number of fused-ring (bicyclic) bond motifs is 1. The molecule has 3 nitrogen and oxygen atoms in total. The van der Waals surface area contributed by atoms with Crippen molar-refractivity contribution in [1.82, 2.24) is 5.32 Å². The van der Waals surface area contributed by atoms with Gasteiger partial charge in [0.25, 0.3) is 0 Å². The quantitative estimate of drug-likeness (QED) is 0.930. The van der Waals surface area contributed by atoms with E-state index < -0.39 is 0 Å². The van der Waals surface area contributed by atoms with Gasteiger partial charge in [0.2, 0.25) is 0 Å². The highest BCUT2D eigenvalue weighted by atomic mass is 19.1. The van der Waals surface area contributed by atoms with Gasteiger partial charge in [0.15, 0.2) is 0 Å². The van der Waals surface area contributed by atoms with E-state index in [0.29, 0.717) is 31.7 Å². The third-order valence-corrected chi connectivity index (χ3v) is 5.06. The first-order chi connectivity index (χ1) is 11.8. The Morgan fingerprint density at radius 3 is 2.79 bits per heavy atom. The van der Waals surface area contributed by atoms with Crippen molar-refractivity contribution in [2.45, 2.75) is 25.6 Å². The van der Waals surface area contributed by atoms with E-state index in [2.05, 4.69) is 17.4 Å². The van der Waals surface area contributed by atoms with Crippen LogP contribution >= 0.6 is 0 Å². The van der Waals surface area contributed by atoms with E-state index >= 15 is 0 Å². The summed E-state index contributed by atoms with van der Waals surface area (Å²) in [7, 11) is 0. The molecule has 0 amide bonds. The molecule has 0 spiro atoms. The smallest absolute Gasteiger partial charge is 0.123 e. The van der Waals surface area contributed by atoms with Gasteiger partial charge in [-0.3, -0.25) is 0 Å². The first kappa shape index (κ1) is 15.6. The lowest BCUT2D eigenvalue weighted by Crippen LogP contribution is -2.38. The molecule has 4 rings (SSSR count). The van der Waals surface area contributed by atoms with Crippen molar-refractivity contribution in [3.05, 3.63) is 65.0 Å². The maximum atomic E-state index is 13.2. The molecule has 0 aromatic heterocycles. The van der Waals surface area contributed by atoms with E-state index in [-0.39, 0.29) is 5.82 Å². The molecular formula is C20H22FNO2. The average molecular weight is 327 g/mol. The first-order valence-corrected chi connectivity index (χ1v) is 8.58. The minimum atomic E-state index is -0.180. The van der Waals surface area contributed by atoms with Crippen LogP contribution in [-0.2, 0) is 18.0 Å². The molecule has 2 heterocycles. The van der Waals surface area contributed by atoms with Gasteiger partial charge in [-0.15, -0.1) is 0 Å². The number of benzene rings is 2. The molecule has 0 unspecified atom stereocenters. The van der Waals surface area contributed by atoms with E-state index in [1.807, 2.05) is 18.2 Å². The van der Waals surface area contributed by atoms with Crippen molar-refractivity contribution >= 4 is 0 Å². The van der Waals surface area contributed by atoms with Crippen LogP contribution in [0.15, 0.2) is 42.5 Å². The molecule has 2 aliphatic heterocycles. The highest BCUT2D eigenvalue weighted by Gasteiger charge is 2.27. The van der Waals surface area contributed by atoms with Crippen LogP contribution in [0.3, 0.4) is 0 Å². The zero-order valence-electron chi connectivity index (χ0n) is 13.6.